The van der Waals surface area contributed by atoms with Crippen LogP contribution in [0.15, 0.2) is 23.5 Å². The number of nitrogen functional groups attached to an aromatic ring is 1. The second kappa shape index (κ2) is 5.87. The Labute approximate surface area is 136 Å². The minimum atomic E-state index is -1.14. The van der Waals surface area contributed by atoms with Crippen molar-refractivity contribution in [2.75, 3.05) is 18.1 Å². The molecule has 1 amide bonds. The van der Waals surface area contributed by atoms with E-state index in [1.807, 2.05) is 0 Å². The lowest BCUT2D eigenvalue weighted by Crippen LogP contribution is -2.68. The number of hydrogen-bond donors (Lipinski definition) is 4. The average molecular weight is 340 g/mol. The fraction of sp³-hybridized carbons (Fsp3) is 0.462. The largest absolute Gasteiger partial charge is 0.477 e. The second-order valence-electron chi connectivity index (χ2n) is 5.38. The smallest absolute Gasteiger partial charge is 0.352 e. The summed E-state index contributed by atoms with van der Waals surface area (Å²) in [6, 6.07) is 1.04. The highest BCUT2D eigenvalue weighted by Gasteiger charge is 2.52. The van der Waals surface area contributed by atoms with E-state index in [2.05, 4.69) is 0 Å². The molecule has 1 fully saturated rings. The number of carbonyl (C=O) groups is 2. The quantitative estimate of drug-likeness (QED) is 0.357. The highest BCUT2D eigenvalue weighted by molar-refractivity contribution is 8.00. The summed E-state index contributed by atoms with van der Waals surface area (Å²) in [6.45, 7) is 0.495. The van der Waals surface area contributed by atoms with E-state index in [0.29, 0.717) is 23.7 Å². The van der Waals surface area contributed by atoms with E-state index in [9.17, 15) is 14.7 Å². The first-order chi connectivity index (χ1) is 11.0. The van der Waals surface area contributed by atoms with Crippen molar-refractivity contribution >= 4 is 29.5 Å². The molecular formula is C13H18N5O4S+. The number of aliphatic hydroxyl groups excluding tert-OH is 1. The molecule has 0 saturated carbocycles. The number of rotatable bonds is 5. The van der Waals surface area contributed by atoms with Gasteiger partial charge >= 0.3 is 5.97 Å². The highest BCUT2D eigenvalue weighted by atomic mass is 32.2. The van der Waals surface area contributed by atoms with Gasteiger partial charge in [0.1, 0.15) is 23.7 Å². The molecule has 124 valence electrons. The third-order valence-corrected chi connectivity index (χ3v) is 5.34. The number of carbonyl (C=O) groups excluding carboxylic acids is 1. The molecule has 3 heterocycles. The first-order valence-electron chi connectivity index (χ1n) is 7.07. The van der Waals surface area contributed by atoms with Gasteiger partial charge in [-0.1, -0.05) is 0 Å². The van der Waals surface area contributed by atoms with Crippen LogP contribution in [0.25, 0.3) is 0 Å². The van der Waals surface area contributed by atoms with Crippen LogP contribution in [0.5, 0.6) is 0 Å². The lowest BCUT2D eigenvalue weighted by molar-refractivity contribution is -0.767. The molecule has 1 saturated heterocycles. The lowest BCUT2D eigenvalue weighted by Gasteiger charge is -2.47. The van der Waals surface area contributed by atoms with Gasteiger partial charge in [-0.3, -0.25) is 9.69 Å². The van der Waals surface area contributed by atoms with Crippen molar-refractivity contribution in [2.24, 2.45) is 5.73 Å². The standard InChI is InChI=1S/C13H17N5O4S/c14-8-1-2-16(17(8)3-4-19)5-7-6-23-12-9(15)11(20)18(12)10(7)13(21)22/h1-2,9,12,14,19H,3-6,15H2,(H,21,22)/p+1/t9-,12-/m1/s1. The van der Waals surface area contributed by atoms with E-state index in [1.165, 1.54) is 16.7 Å². The fourth-order valence-electron chi connectivity index (χ4n) is 2.86. The number of fused-ring (bicyclic) bond motifs is 1. The average Bonchev–Trinajstić information content (AvgIpc) is 2.87. The summed E-state index contributed by atoms with van der Waals surface area (Å²) in [5.74, 6) is -0.562. The van der Waals surface area contributed by atoms with Gasteiger partial charge in [0.05, 0.1) is 12.7 Å². The highest BCUT2D eigenvalue weighted by Crippen LogP contribution is 2.39. The number of nitrogens with zero attached hydrogens (tertiary/aromatic N) is 3. The van der Waals surface area contributed by atoms with Gasteiger partial charge in [0.2, 0.25) is 5.91 Å². The van der Waals surface area contributed by atoms with Gasteiger partial charge in [0.15, 0.2) is 18.6 Å². The van der Waals surface area contributed by atoms with Gasteiger partial charge in [0.25, 0.3) is 0 Å². The predicted octanol–water partition coefficient (Wildman–Crippen LogP) is -2.07. The third kappa shape index (κ3) is 2.48. The molecule has 0 spiro atoms. The summed E-state index contributed by atoms with van der Waals surface area (Å²) in [5.41, 5.74) is 12.2. The van der Waals surface area contributed by atoms with Crippen molar-refractivity contribution in [3.05, 3.63) is 23.5 Å². The number of aliphatic carboxylic acids is 1. The molecule has 2 aliphatic rings. The van der Waals surface area contributed by atoms with Gasteiger partial charge in [-0.05, 0) is 0 Å². The molecule has 6 N–H and O–H groups in total. The van der Waals surface area contributed by atoms with E-state index < -0.39 is 12.0 Å². The fourth-order valence-corrected chi connectivity index (χ4v) is 4.15. The third-order valence-electron chi connectivity index (χ3n) is 3.98. The van der Waals surface area contributed by atoms with Crippen molar-refractivity contribution in [2.45, 2.75) is 24.5 Å². The maximum Gasteiger partial charge on any atom is 0.352 e. The number of aromatic nitrogens is 2. The van der Waals surface area contributed by atoms with E-state index in [4.69, 9.17) is 16.6 Å². The molecule has 9 nitrogen and oxygen atoms in total. The van der Waals surface area contributed by atoms with Crippen molar-refractivity contribution < 1.29 is 24.5 Å². The molecule has 1 aromatic rings. The van der Waals surface area contributed by atoms with Crippen molar-refractivity contribution in [1.29, 1.82) is 0 Å². The number of β-lactam (4-membered cyclic amide) rings is 1. The Balaban J connectivity index is 1.94. The summed E-state index contributed by atoms with van der Waals surface area (Å²) in [7, 11) is 0. The zero-order chi connectivity index (χ0) is 16.7. The summed E-state index contributed by atoms with van der Waals surface area (Å²) < 4.78 is 3.39. The number of amides is 1. The normalized spacial score (nSPS) is 23.7. The van der Waals surface area contributed by atoms with Gasteiger partial charge < -0.3 is 21.7 Å². The van der Waals surface area contributed by atoms with E-state index in [-0.39, 0.29) is 30.1 Å². The van der Waals surface area contributed by atoms with E-state index in [0.717, 1.165) is 0 Å². The maximum atomic E-state index is 11.9. The molecule has 10 heteroatoms. The molecular weight excluding hydrogens is 322 g/mol. The lowest BCUT2D eigenvalue weighted by atomic mass is 10.0. The van der Waals surface area contributed by atoms with E-state index in [1.54, 1.807) is 21.6 Å². The Hall–Kier alpha value is -2.04. The molecule has 0 aliphatic carbocycles. The summed E-state index contributed by atoms with van der Waals surface area (Å²) in [4.78, 5) is 24.8. The van der Waals surface area contributed by atoms with Crippen molar-refractivity contribution in [3.63, 3.8) is 0 Å². The van der Waals surface area contributed by atoms with Gasteiger partial charge in [-0.2, -0.15) is 0 Å². The van der Waals surface area contributed by atoms with Crippen LogP contribution >= 0.6 is 11.8 Å². The first kappa shape index (κ1) is 15.8. The van der Waals surface area contributed by atoms with Crippen LogP contribution in [-0.4, -0.2) is 55.4 Å². The Morgan fingerprint density at radius 2 is 2.26 bits per heavy atom. The second-order valence-corrected chi connectivity index (χ2v) is 6.48. The minimum Gasteiger partial charge on any atom is -0.477 e. The Kier molecular flexibility index (Phi) is 4.04. The zero-order valence-corrected chi connectivity index (χ0v) is 13.1. The van der Waals surface area contributed by atoms with Crippen molar-refractivity contribution in [3.8, 4) is 0 Å². The predicted molar refractivity (Wildman–Crippen MR) is 81.9 cm³/mol. The first-order valence-corrected chi connectivity index (χ1v) is 8.11. The number of nitrogens with two attached hydrogens (primary N) is 2. The molecule has 23 heavy (non-hydrogen) atoms. The summed E-state index contributed by atoms with van der Waals surface area (Å²) >= 11 is 1.46. The van der Waals surface area contributed by atoms with Gasteiger partial charge in [-0.25, -0.2) is 4.79 Å². The molecule has 1 aromatic heterocycles. The number of anilines is 1. The molecule has 0 unspecified atom stereocenters. The Morgan fingerprint density at radius 3 is 2.91 bits per heavy atom. The minimum absolute atomic E-state index is 0.00303. The SMILES string of the molecule is Nc1cc[n+](CC2=C(C(=O)O)N3C(=O)[C@@H](N)[C@H]3SC2)n1CCO. The van der Waals surface area contributed by atoms with Crippen LogP contribution in [0, 0.1) is 0 Å². The summed E-state index contributed by atoms with van der Waals surface area (Å²) in [5, 5.41) is 18.3. The molecule has 3 rings (SSSR count). The molecule has 0 bridgehead atoms. The number of thioether (sulfide) groups is 1. The molecule has 0 radical (unpaired) electrons. The Morgan fingerprint density at radius 1 is 1.52 bits per heavy atom. The number of aliphatic hydroxyl groups is 1. The number of carboxylic acids is 1. The number of hydrogen-bond acceptors (Lipinski definition) is 6. The van der Waals surface area contributed by atoms with Crippen LogP contribution in [0.3, 0.4) is 0 Å². The monoisotopic (exact) mass is 340 g/mol. The molecule has 2 aliphatic heterocycles. The number of carboxylic acid groups (broad SMARTS) is 1. The van der Waals surface area contributed by atoms with E-state index >= 15 is 0 Å². The Bertz CT molecular complexity index is 701. The topological polar surface area (TPSA) is 139 Å². The summed E-state index contributed by atoms with van der Waals surface area (Å²) in [6.07, 6.45) is 1.72. The van der Waals surface area contributed by atoms with Gasteiger partial charge in [-0.15, -0.1) is 21.1 Å². The van der Waals surface area contributed by atoms with Crippen LogP contribution in [0.1, 0.15) is 0 Å². The molecule has 2 atom stereocenters. The molecule has 0 aromatic carbocycles. The van der Waals surface area contributed by atoms with Crippen LogP contribution < -0.4 is 16.1 Å². The van der Waals surface area contributed by atoms with Crippen LogP contribution in [-0.2, 0) is 22.7 Å². The van der Waals surface area contributed by atoms with Crippen LogP contribution in [0.4, 0.5) is 5.82 Å². The van der Waals surface area contributed by atoms with Crippen LogP contribution in [0.2, 0.25) is 0 Å². The maximum absolute atomic E-state index is 11.9. The zero-order valence-electron chi connectivity index (χ0n) is 12.3. The van der Waals surface area contributed by atoms with Crippen molar-refractivity contribution in [1.82, 2.24) is 9.58 Å². The van der Waals surface area contributed by atoms with Gasteiger partial charge in [0, 0.05) is 11.3 Å².